The molecule has 0 aliphatic carbocycles. The van der Waals surface area contributed by atoms with Crippen LogP contribution in [-0.4, -0.2) is 34.5 Å². The molecule has 0 fully saturated rings. The third kappa shape index (κ3) is 3.79. The standard InChI is InChI=1S/C23H22N4O4/c1-4-26(17-10-6-5-7-11-17)19(28)14-27-23(29)22-20(15(2)31-25-22)21(24-27)16-9-8-12-18(13-16)30-3/h5-13H,4,14H2,1-3H3. The average molecular weight is 418 g/mol. The van der Waals surface area contributed by atoms with E-state index in [9.17, 15) is 9.59 Å². The number of amides is 1. The first-order valence-corrected chi connectivity index (χ1v) is 9.90. The molecule has 2 heterocycles. The highest BCUT2D eigenvalue weighted by atomic mass is 16.5. The van der Waals surface area contributed by atoms with Crippen molar-refractivity contribution in [3.8, 4) is 17.0 Å². The molecule has 2 aromatic heterocycles. The predicted molar refractivity (Wildman–Crippen MR) is 117 cm³/mol. The van der Waals surface area contributed by atoms with Crippen molar-refractivity contribution >= 4 is 22.5 Å². The number of fused-ring (bicyclic) bond motifs is 1. The molecule has 0 saturated carbocycles. The molecule has 0 N–H and O–H groups in total. The third-order valence-corrected chi connectivity index (χ3v) is 5.07. The van der Waals surface area contributed by atoms with Crippen LogP contribution in [0.3, 0.4) is 0 Å². The van der Waals surface area contributed by atoms with Gasteiger partial charge in [0.15, 0.2) is 5.52 Å². The Morgan fingerprint density at radius 2 is 1.94 bits per heavy atom. The number of carbonyl (C=O) groups excluding carboxylic acids is 1. The van der Waals surface area contributed by atoms with E-state index in [4.69, 9.17) is 9.26 Å². The number of para-hydroxylation sites is 1. The van der Waals surface area contributed by atoms with Gasteiger partial charge >= 0.3 is 0 Å². The molecule has 31 heavy (non-hydrogen) atoms. The van der Waals surface area contributed by atoms with Gasteiger partial charge in [0, 0.05) is 17.8 Å². The van der Waals surface area contributed by atoms with Crippen LogP contribution >= 0.6 is 0 Å². The molecule has 4 rings (SSSR count). The van der Waals surface area contributed by atoms with E-state index in [-0.39, 0.29) is 18.0 Å². The number of aryl methyl sites for hydroxylation is 1. The predicted octanol–water partition coefficient (Wildman–Crippen LogP) is 3.42. The van der Waals surface area contributed by atoms with Crippen molar-refractivity contribution in [3.05, 3.63) is 70.7 Å². The van der Waals surface area contributed by atoms with Gasteiger partial charge in [0.05, 0.1) is 12.5 Å². The molecule has 0 aliphatic rings. The average Bonchev–Trinajstić information content (AvgIpc) is 3.19. The summed E-state index contributed by atoms with van der Waals surface area (Å²) in [5.41, 5.74) is 1.65. The van der Waals surface area contributed by atoms with Crippen LogP contribution in [0.2, 0.25) is 0 Å². The first-order chi connectivity index (χ1) is 15.0. The summed E-state index contributed by atoms with van der Waals surface area (Å²) in [5, 5.41) is 8.99. The summed E-state index contributed by atoms with van der Waals surface area (Å²) in [5.74, 6) is 0.881. The van der Waals surface area contributed by atoms with Crippen LogP contribution in [0.15, 0.2) is 63.9 Å². The van der Waals surface area contributed by atoms with E-state index in [1.807, 2.05) is 61.5 Å². The first-order valence-electron chi connectivity index (χ1n) is 9.90. The van der Waals surface area contributed by atoms with Crippen molar-refractivity contribution in [2.24, 2.45) is 0 Å². The topological polar surface area (TPSA) is 90.5 Å². The van der Waals surface area contributed by atoms with Crippen LogP contribution in [0.25, 0.3) is 22.2 Å². The highest BCUT2D eigenvalue weighted by Gasteiger charge is 2.22. The number of ether oxygens (including phenoxy) is 1. The van der Waals surface area contributed by atoms with E-state index in [0.717, 1.165) is 15.9 Å². The maximum absolute atomic E-state index is 13.0. The van der Waals surface area contributed by atoms with Crippen molar-refractivity contribution in [2.75, 3.05) is 18.6 Å². The van der Waals surface area contributed by atoms with Crippen molar-refractivity contribution in [3.63, 3.8) is 0 Å². The highest BCUT2D eigenvalue weighted by molar-refractivity contribution is 5.95. The third-order valence-electron chi connectivity index (χ3n) is 5.07. The van der Waals surface area contributed by atoms with Crippen molar-refractivity contribution in [1.29, 1.82) is 0 Å². The Labute approximate surface area is 178 Å². The zero-order valence-corrected chi connectivity index (χ0v) is 17.5. The quantitative estimate of drug-likeness (QED) is 0.477. The lowest BCUT2D eigenvalue weighted by Crippen LogP contribution is -2.37. The molecule has 0 aliphatic heterocycles. The fourth-order valence-corrected chi connectivity index (χ4v) is 3.54. The van der Waals surface area contributed by atoms with E-state index in [0.29, 0.717) is 29.1 Å². The molecule has 0 saturated heterocycles. The number of hydrogen-bond acceptors (Lipinski definition) is 6. The Kier molecular flexibility index (Phi) is 5.53. The van der Waals surface area contributed by atoms with Gasteiger partial charge in [0.2, 0.25) is 5.91 Å². The van der Waals surface area contributed by atoms with Gasteiger partial charge in [-0.05, 0) is 38.1 Å². The lowest BCUT2D eigenvalue weighted by atomic mass is 10.1. The molecular weight excluding hydrogens is 396 g/mol. The zero-order valence-electron chi connectivity index (χ0n) is 17.5. The molecule has 0 unspecified atom stereocenters. The van der Waals surface area contributed by atoms with Gasteiger partial charge in [-0.2, -0.15) is 5.10 Å². The summed E-state index contributed by atoms with van der Waals surface area (Å²) in [4.78, 5) is 27.7. The molecule has 0 atom stereocenters. The lowest BCUT2D eigenvalue weighted by Gasteiger charge is -2.21. The normalized spacial score (nSPS) is 10.9. The van der Waals surface area contributed by atoms with Crippen LogP contribution < -0.4 is 15.2 Å². The second kappa shape index (κ2) is 8.43. The Hall–Kier alpha value is -3.94. The Morgan fingerprint density at radius 3 is 2.65 bits per heavy atom. The molecule has 1 amide bonds. The number of anilines is 1. The Balaban J connectivity index is 1.81. The zero-order chi connectivity index (χ0) is 22.0. The minimum absolute atomic E-state index is 0.140. The fourth-order valence-electron chi connectivity index (χ4n) is 3.54. The molecule has 8 heteroatoms. The molecule has 2 aromatic carbocycles. The number of methoxy groups -OCH3 is 1. The number of carbonyl (C=O) groups is 1. The Bertz CT molecular complexity index is 1290. The number of likely N-dealkylation sites (N-methyl/N-ethyl adjacent to an activating group) is 1. The van der Waals surface area contributed by atoms with Gasteiger partial charge in [-0.3, -0.25) is 9.59 Å². The van der Waals surface area contributed by atoms with Crippen LogP contribution in [0, 0.1) is 6.92 Å². The summed E-state index contributed by atoms with van der Waals surface area (Å²) >= 11 is 0. The van der Waals surface area contributed by atoms with Crippen molar-refractivity contribution in [2.45, 2.75) is 20.4 Å². The van der Waals surface area contributed by atoms with Gasteiger partial charge in [-0.1, -0.05) is 35.5 Å². The molecule has 8 nitrogen and oxygen atoms in total. The number of nitrogens with zero attached hydrogens (tertiary/aromatic N) is 4. The SMILES string of the molecule is CCN(C(=O)Cn1nc(-c2cccc(OC)c2)c2c(C)onc2c1=O)c1ccccc1. The fraction of sp³-hybridized carbons (Fsp3) is 0.217. The van der Waals surface area contributed by atoms with E-state index in [1.165, 1.54) is 0 Å². The second-order valence-corrected chi connectivity index (χ2v) is 6.98. The maximum atomic E-state index is 13.0. The first kappa shape index (κ1) is 20.3. The monoisotopic (exact) mass is 418 g/mol. The van der Waals surface area contributed by atoms with Gasteiger partial charge in [0.1, 0.15) is 23.7 Å². The van der Waals surface area contributed by atoms with Gasteiger partial charge < -0.3 is 14.2 Å². The van der Waals surface area contributed by atoms with E-state index in [1.54, 1.807) is 18.9 Å². The van der Waals surface area contributed by atoms with Crippen molar-refractivity contribution < 1.29 is 14.1 Å². The van der Waals surface area contributed by atoms with E-state index in [2.05, 4.69) is 10.3 Å². The second-order valence-electron chi connectivity index (χ2n) is 6.98. The molecule has 0 spiro atoms. The number of rotatable bonds is 6. The number of aromatic nitrogens is 3. The largest absolute Gasteiger partial charge is 0.497 e. The summed E-state index contributed by atoms with van der Waals surface area (Å²) in [6.07, 6.45) is 0. The van der Waals surface area contributed by atoms with Gasteiger partial charge in [-0.15, -0.1) is 0 Å². The molecular formula is C23H22N4O4. The molecule has 0 radical (unpaired) electrons. The van der Waals surface area contributed by atoms with Crippen LogP contribution in [-0.2, 0) is 11.3 Å². The summed E-state index contributed by atoms with van der Waals surface area (Å²) in [7, 11) is 1.58. The van der Waals surface area contributed by atoms with Crippen LogP contribution in [0.1, 0.15) is 12.7 Å². The smallest absolute Gasteiger partial charge is 0.297 e. The Morgan fingerprint density at radius 1 is 1.16 bits per heavy atom. The lowest BCUT2D eigenvalue weighted by molar-refractivity contribution is -0.119. The number of benzene rings is 2. The van der Waals surface area contributed by atoms with E-state index < -0.39 is 5.56 Å². The van der Waals surface area contributed by atoms with Crippen molar-refractivity contribution in [1.82, 2.24) is 14.9 Å². The van der Waals surface area contributed by atoms with Gasteiger partial charge in [-0.25, -0.2) is 4.68 Å². The van der Waals surface area contributed by atoms with Crippen LogP contribution in [0.4, 0.5) is 5.69 Å². The summed E-state index contributed by atoms with van der Waals surface area (Å²) in [6, 6.07) is 16.6. The van der Waals surface area contributed by atoms with Crippen LogP contribution in [0.5, 0.6) is 5.75 Å². The molecule has 0 bridgehead atoms. The summed E-state index contributed by atoms with van der Waals surface area (Å²) in [6.45, 7) is 3.85. The minimum Gasteiger partial charge on any atom is -0.497 e. The molecule has 4 aromatic rings. The van der Waals surface area contributed by atoms with Gasteiger partial charge in [0.25, 0.3) is 5.56 Å². The maximum Gasteiger partial charge on any atom is 0.297 e. The minimum atomic E-state index is -0.476. The number of hydrogen-bond donors (Lipinski definition) is 0. The summed E-state index contributed by atoms with van der Waals surface area (Å²) < 4.78 is 11.7. The van der Waals surface area contributed by atoms with E-state index >= 15 is 0 Å². The molecule has 158 valence electrons. The highest BCUT2D eigenvalue weighted by Crippen LogP contribution is 2.29.